The average molecular weight is 563 g/mol. The van der Waals surface area contributed by atoms with Crippen molar-refractivity contribution in [3.8, 4) is 11.1 Å². The number of aryl methyl sites for hydroxylation is 2. The lowest BCUT2D eigenvalue weighted by atomic mass is 9.52. The highest BCUT2D eigenvalue weighted by Crippen LogP contribution is 2.55. The van der Waals surface area contributed by atoms with E-state index in [0.29, 0.717) is 11.8 Å². The van der Waals surface area contributed by atoms with Crippen molar-refractivity contribution in [3.63, 3.8) is 0 Å². The molecule has 0 saturated heterocycles. The summed E-state index contributed by atoms with van der Waals surface area (Å²) in [5.74, 6) is 2.15. The highest BCUT2D eigenvalue weighted by atomic mass is 15.3. The third-order valence-corrected chi connectivity index (χ3v) is 10.0. The number of hydrogen-bond acceptors (Lipinski definition) is 1. The fourth-order valence-corrected chi connectivity index (χ4v) is 8.12. The molecule has 0 amide bonds. The van der Waals surface area contributed by atoms with Crippen LogP contribution in [0.15, 0.2) is 78.9 Å². The van der Waals surface area contributed by atoms with E-state index < -0.39 is 0 Å². The SMILES string of the molecule is C=C(C)CC1(CC)[N+](C)=C(N(C(=N)C(C)C)c2c(C)cccc2C)c2cc(-c3ccccc3)ccc2C1(CC)C(C)C. The van der Waals surface area contributed by atoms with Crippen LogP contribution < -0.4 is 4.90 Å². The minimum Gasteiger partial charge on any atom is -0.267 e. The summed E-state index contributed by atoms with van der Waals surface area (Å²) in [6.45, 7) is 24.8. The van der Waals surface area contributed by atoms with Crippen LogP contribution >= 0.6 is 0 Å². The van der Waals surface area contributed by atoms with E-state index in [1.165, 1.54) is 39.0 Å². The smallest absolute Gasteiger partial charge is 0.267 e. The number of benzene rings is 3. The summed E-state index contributed by atoms with van der Waals surface area (Å²) < 4.78 is 2.57. The molecular weight excluding hydrogens is 510 g/mol. The summed E-state index contributed by atoms with van der Waals surface area (Å²) in [5.41, 5.74) is 9.38. The predicted molar refractivity (Wildman–Crippen MR) is 182 cm³/mol. The zero-order valence-electron chi connectivity index (χ0n) is 27.7. The maximum atomic E-state index is 9.63. The van der Waals surface area contributed by atoms with Gasteiger partial charge in [0.15, 0.2) is 5.84 Å². The molecule has 0 saturated carbocycles. The Morgan fingerprint density at radius 2 is 1.50 bits per heavy atom. The fraction of sp³-hybridized carbons (Fsp3) is 0.436. The van der Waals surface area contributed by atoms with Gasteiger partial charge in [-0.25, -0.2) is 0 Å². The molecule has 0 radical (unpaired) electrons. The zero-order valence-corrected chi connectivity index (χ0v) is 27.7. The molecule has 1 aliphatic heterocycles. The third-order valence-electron chi connectivity index (χ3n) is 10.0. The standard InChI is InChI=1S/C39H52N3/c1-12-38(25-26(3)4)39(13-2,28(7)8)34-23-22-32(31-20-15-14-16-21-31)24-33(34)37(41(38)11)42(36(40)27(5)6)35-29(9)18-17-19-30(35)10/h14-24,27-28,40H,3,12-13,25H2,1-2,4-11H3/q+1. The van der Waals surface area contributed by atoms with Gasteiger partial charge in [-0.05, 0) is 73.4 Å². The second-order valence-corrected chi connectivity index (χ2v) is 13.1. The molecule has 3 aromatic carbocycles. The van der Waals surface area contributed by atoms with E-state index >= 15 is 0 Å². The Morgan fingerprint density at radius 3 is 2.00 bits per heavy atom. The lowest BCUT2D eigenvalue weighted by Crippen LogP contribution is -2.66. The van der Waals surface area contributed by atoms with Gasteiger partial charge in [-0.1, -0.05) is 114 Å². The van der Waals surface area contributed by atoms with Crippen molar-refractivity contribution in [1.29, 1.82) is 5.41 Å². The number of nitrogens with zero attached hydrogens (tertiary/aromatic N) is 2. The lowest BCUT2D eigenvalue weighted by molar-refractivity contribution is -0.604. The molecule has 222 valence electrons. The summed E-state index contributed by atoms with van der Waals surface area (Å²) >= 11 is 0. The van der Waals surface area contributed by atoms with Gasteiger partial charge in [-0.15, -0.1) is 0 Å². The van der Waals surface area contributed by atoms with Gasteiger partial charge in [-0.3, -0.25) is 9.98 Å². The van der Waals surface area contributed by atoms with Crippen molar-refractivity contribution < 1.29 is 4.58 Å². The molecule has 1 aliphatic rings. The molecule has 3 nitrogen and oxygen atoms in total. The van der Waals surface area contributed by atoms with Crippen molar-refractivity contribution >= 4 is 17.4 Å². The number of amidine groups is 2. The molecule has 3 heteroatoms. The van der Waals surface area contributed by atoms with Gasteiger partial charge in [0, 0.05) is 17.8 Å². The van der Waals surface area contributed by atoms with Crippen LogP contribution in [0.1, 0.15) is 90.0 Å². The van der Waals surface area contributed by atoms with Gasteiger partial charge in [-0.2, -0.15) is 4.90 Å². The second kappa shape index (κ2) is 12.0. The molecule has 2 atom stereocenters. The summed E-state index contributed by atoms with van der Waals surface area (Å²) in [5, 5.41) is 9.63. The summed E-state index contributed by atoms with van der Waals surface area (Å²) in [6, 6.07) is 24.3. The third kappa shape index (κ3) is 4.85. The molecule has 2 unspecified atom stereocenters. The average Bonchev–Trinajstić information content (AvgIpc) is 2.95. The fourth-order valence-electron chi connectivity index (χ4n) is 8.12. The van der Waals surface area contributed by atoms with Crippen molar-refractivity contribution in [2.24, 2.45) is 11.8 Å². The first-order valence-electron chi connectivity index (χ1n) is 15.8. The van der Waals surface area contributed by atoms with Crippen LogP contribution in [-0.4, -0.2) is 28.8 Å². The van der Waals surface area contributed by atoms with E-state index in [1.54, 1.807) is 0 Å². The summed E-state index contributed by atoms with van der Waals surface area (Å²) in [6.07, 6.45) is 2.89. The predicted octanol–water partition coefficient (Wildman–Crippen LogP) is 9.93. The first-order valence-corrected chi connectivity index (χ1v) is 15.8. The molecule has 0 aromatic heterocycles. The quantitative estimate of drug-likeness (QED) is 0.126. The molecule has 0 bridgehead atoms. The monoisotopic (exact) mass is 562 g/mol. The van der Waals surface area contributed by atoms with Crippen LogP contribution in [0.4, 0.5) is 5.69 Å². The Bertz CT molecular complexity index is 1490. The Balaban J connectivity index is 2.25. The van der Waals surface area contributed by atoms with Crippen LogP contribution in [0.2, 0.25) is 0 Å². The lowest BCUT2D eigenvalue weighted by Gasteiger charge is -2.56. The van der Waals surface area contributed by atoms with E-state index in [1.807, 2.05) is 0 Å². The number of anilines is 1. The molecule has 4 rings (SSSR count). The zero-order chi connectivity index (χ0) is 31.0. The van der Waals surface area contributed by atoms with Crippen LogP contribution in [-0.2, 0) is 5.41 Å². The van der Waals surface area contributed by atoms with Crippen LogP contribution in [0.3, 0.4) is 0 Å². The van der Waals surface area contributed by atoms with Gasteiger partial charge in [0.05, 0.1) is 12.6 Å². The molecule has 3 aromatic rings. The normalized spacial score (nSPS) is 20.2. The first-order chi connectivity index (χ1) is 19.9. The minimum absolute atomic E-state index is 0.0470. The van der Waals surface area contributed by atoms with E-state index in [9.17, 15) is 5.41 Å². The number of fused-ring (bicyclic) bond motifs is 1. The number of nitrogens with one attached hydrogen (secondary N) is 1. The van der Waals surface area contributed by atoms with Crippen LogP contribution in [0, 0.1) is 31.1 Å². The maximum absolute atomic E-state index is 9.63. The van der Waals surface area contributed by atoms with Crippen LogP contribution in [0.25, 0.3) is 11.1 Å². The van der Waals surface area contributed by atoms with Crippen molar-refractivity contribution in [3.05, 3.63) is 101 Å². The van der Waals surface area contributed by atoms with Gasteiger partial charge >= 0.3 is 0 Å². The van der Waals surface area contributed by atoms with E-state index in [2.05, 4.69) is 152 Å². The van der Waals surface area contributed by atoms with Gasteiger partial charge in [0.2, 0.25) is 0 Å². The molecule has 0 aliphatic carbocycles. The van der Waals surface area contributed by atoms with Crippen molar-refractivity contribution in [2.45, 2.75) is 92.5 Å². The topological polar surface area (TPSA) is 30.1 Å². The Kier molecular flexibility index (Phi) is 9.02. The number of likely N-dealkylation sites (N-methyl/N-ethyl adjacent to an activating group) is 1. The Morgan fingerprint density at radius 1 is 0.881 bits per heavy atom. The van der Waals surface area contributed by atoms with Gasteiger partial charge < -0.3 is 0 Å². The second-order valence-electron chi connectivity index (χ2n) is 13.1. The number of rotatable bonds is 8. The highest BCUT2D eigenvalue weighted by molar-refractivity contribution is 6.24. The molecule has 1 heterocycles. The minimum atomic E-state index is -0.218. The summed E-state index contributed by atoms with van der Waals surface area (Å²) in [7, 11) is 2.29. The van der Waals surface area contributed by atoms with E-state index in [0.717, 1.165) is 30.8 Å². The van der Waals surface area contributed by atoms with Gasteiger partial charge in [0.25, 0.3) is 5.84 Å². The first kappa shape index (κ1) is 31.5. The van der Waals surface area contributed by atoms with Crippen molar-refractivity contribution in [2.75, 3.05) is 11.9 Å². The molecule has 0 spiro atoms. The van der Waals surface area contributed by atoms with Crippen molar-refractivity contribution in [1.82, 2.24) is 0 Å². The Labute approximate surface area is 255 Å². The van der Waals surface area contributed by atoms with Gasteiger partial charge in [0.1, 0.15) is 11.2 Å². The molecule has 42 heavy (non-hydrogen) atoms. The molecule has 1 N–H and O–H groups in total. The number of hydrogen-bond donors (Lipinski definition) is 1. The number of para-hydroxylation sites is 1. The Hall–Kier alpha value is -3.46. The van der Waals surface area contributed by atoms with E-state index in [4.69, 9.17) is 0 Å². The van der Waals surface area contributed by atoms with E-state index in [-0.39, 0.29) is 16.9 Å². The maximum Gasteiger partial charge on any atom is 0.291 e. The largest absolute Gasteiger partial charge is 0.291 e. The highest BCUT2D eigenvalue weighted by Gasteiger charge is 2.61. The summed E-state index contributed by atoms with van der Waals surface area (Å²) in [4.78, 5) is 2.28. The van der Waals surface area contributed by atoms with Crippen LogP contribution in [0.5, 0.6) is 0 Å². The molecular formula is C39H52N3+. The molecule has 0 fully saturated rings.